The number of pyridine rings is 1. The minimum absolute atomic E-state index is 0.00598. The van der Waals surface area contributed by atoms with E-state index in [0.717, 1.165) is 18.5 Å². The van der Waals surface area contributed by atoms with E-state index in [2.05, 4.69) is 5.32 Å². The summed E-state index contributed by atoms with van der Waals surface area (Å²) < 4.78 is 1.54. The first-order chi connectivity index (χ1) is 6.74. The fraction of sp³-hybridized carbons (Fsp3) is 0.500. The number of aromatic nitrogens is 1. The molecule has 0 saturated heterocycles. The largest absolute Gasteiger partial charge is 0.396 e. The summed E-state index contributed by atoms with van der Waals surface area (Å²) >= 11 is 0. The number of rotatable bonds is 5. The first kappa shape index (κ1) is 10.9. The van der Waals surface area contributed by atoms with Gasteiger partial charge in [0.25, 0.3) is 5.56 Å². The Kier molecular flexibility index (Phi) is 4.35. The minimum atomic E-state index is 0.00598. The van der Waals surface area contributed by atoms with E-state index in [1.165, 1.54) is 4.57 Å². The van der Waals surface area contributed by atoms with Crippen LogP contribution in [0.5, 0.6) is 0 Å². The van der Waals surface area contributed by atoms with E-state index in [1.54, 1.807) is 19.3 Å². The minimum Gasteiger partial charge on any atom is -0.396 e. The van der Waals surface area contributed by atoms with Gasteiger partial charge in [-0.15, -0.1) is 0 Å². The third kappa shape index (κ3) is 3.32. The molecule has 78 valence electrons. The summed E-state index contributed by atoms with van der Waals surface area (Å²) in [6.45, 7) is 1.64. The molecule has 0 radical (unpaired) electrons. The summed E-state index contributed by atoms with van der Waals surface area (Å²) in [7, 11) is 1.73. The lowest BCUT2D eigenvalue weighted by atomic mass is 10.2. The maximum absolute atomic E-state index is 11.2. The molecule has 0 amide bonds. The lowest BCUT2D eigenvalue weighted by molar-refractivity contribution is 0.286. The number of aryl methyl sites for hydroxylation is 1. The van der Waals surface area contributed by atoms with Crippen molar-refractivity contribution in [1.82, 2.24) is 9.88 Å². The van der Waals surface area contributed by atoms with Crippen molar-refractivity contribution in [3.8, 4) is 0 Å². The Bertz CT molecular complexity index is 333. The van der Waals surface area contributed by atoms with Crippen molar-refractivity contribution in [3.63, 3.8) is 0 Å². The van der Waals surface area contributed by atoms with Crippen molar-refractivity contribution in [2.75, 3.05) is 13.2 Å². The highest BCUT2D eigenvalue weighted by Gasteiger charge is 1.94. The molecule has 4 heteroatoms. The van der Waals surface area contributed by atoms with E-state index in [0.29, 0.717) is 6.54 Å². The Hall–Kier alpha value is -1.13. The zero-order valence-corrected chi connectivity index (χ0v) is 8.36. The van der Waals surface area contributed by atoms with E-state index in [9.17, 15) is 4.79 Å². The fourth-order valence-corrected chi connectivity index (χ4v) is 1.14. The smallest absolute Gasteiger partial charge is 0.250 e. The second-order valence-corrected chi connectivity index (χ2v) is 3.24. The first-order valence-corrected chi connectivity index (χ1v) is 4.71. The molecule has 0 aliphatic carbocycles. The van der Waals surface area contributed by atoms with Gasteiger partial charge in [-0.05, 0) is 24.6 Å². The van der Waals surface area contributed by atoms with Crippen LogP contribution in [0.2, 0.25) is 0 Å². The molecule has 0 fully saturated rings. The maximum Gasteiger partial charge on any atom is 0.250 e. The molecule has 0 saturated carbocycles. The van der Waals surface area contributed by atoms with Crippen LogP contribution in [0.3, 0.4) is 0 Å². The van der Waals surface area contributed by atoms with E-state index in [4.69, 9.17) is 5.11 Å². The van der Waals surface area contributed by atoms with Gasteiger partial charge in [0.05, 0.1) is 0 Å². The average molecular weight is 196 g/mol. The van der Waals surface area contributed by atoms with Crippen molar-refractivity contribution in [1.29, 1.82) is 0 Å². The highest BCUT2D eigenvalue weighted by molar-refractivity contribution is 5.10. The Balaban J connectivity index is 2.44. The summed E-state index contributed by atoms with van der Waals surface area (Å²) in [5.74, 6) is 0. The highest BCUT2D eigenvalue weighted by atomic mass is 16.3. The van der Waals surface area contributed by atoms with Crippen molar-refractivity contribution < 1.29 is 5.11 Å². The molecule has 2 N–H and O–H groups in total. The van der Waals surface area contributed by atoms with Crippen LogP contribution in [0, 0.1) is 0 Å². The number of hydrogen-bond donors (Lipinski definition) is 2. The number of nitrogens with one attached hydrogen (secondary N) is 1. The zero-order valence-electron chi connectivity index (χ0n) is 8.36. The lowest BCUT2D eigenvalue weighted by Gasteiger charge is -2.04. The molecule has 0 atom stereocenters. The van der Waals surface area contributed by atoms with Crippen molar-refractivity contribution >= 4 is 0 Å². The normalized spacial score (nSPS) is 10.4. The van der Waals surface area contributed by atoms with Gasteiger partial charge in [0.15, 0.2) is 0 Å². The van der Waals surface area contributed by atoms with Crippen LogP contribution in [0.25, 0.3) is 0 Å². The predicted molar refractivity (Wildman–Crippen MR) is 55.1 cm³/mol. The molecule has 1 rings (SSSR count). The molecular weight excluding hydrogens is 180 g/mol. The van der Waals surface area contributed by atoms with E-state index < -0.39 is 0 Å². The first-order valence-electron chi connectivity index (χ1n) is 4.71. The Labute approximate surface area is 83.2 Å². The van der Waals surface area contributed by atoms with Crippen LogP contribution in [0.1, 0.15) is 12.0 Å². The third-order valence-electron chi connectivity index (χ3n) is 2.01. The number of nitrogens with zero attached hydrogens (tertiary/aromatic N) is 1. The van der Waals surface area contributed by atoms with Crippen molar-refractivity contribution in [2.24, 2.45) is 7.05 Å². The molecular formula is C10H16N2O2. The second kappa shape index (κ2) is 5.57. The van der Waals surface area contributed by atoms with Gasteiger partial charge < -0.3 is 15.0 Å². The molecule has 1 heterocycles. The molecule has 0 aliphatic rings. The molecule has 0 unspecified atom stereocenters. The van der Waals surface area contributed by atoms with Crippen LogP contribution in [-0.2, 0) is 13.6 Å². The van der Waals surface area contributed by atoms with Crippen LogP contribution in [0.4, 0.5) is 0 Å². The lowest BCUT2D eigenvalue weighted by Crippen LogP contribution is -2.20. The molecule has 14 heavy (non-hydrogen) atoms. The SMILES string of the molecule is Cn1ccc(CNCCCO)cc1=O. The Morgan fingerprint density at radius 2 is 2.36 bits per heavy atom. The van der Waals surface area contributed by atoms with Crippen molar-refractivity contribution in [2.45, 2.75) is 13.0 Å². The maximum atomic E-state index is 11.2. The highest BCUT2D eigenvalue weighted by Crippen LogP contribution is 1.92. The van der Waals surface area contributed by atoms with E-state index in [1.807, 2.05) is 6.07 Å². The predicted octanol–water partition coefficient (Wildman–Crippen LogP) is -0.143. The second-order valence-electron chi connectivity index (χ2n) is 3.24. The van der Waals surface area contributed by atoms with Crippen LogP contribution in [-0.4, -0.2) is 22.8 Å². The summed E-state index contributed by atoms with van der Waals surface area (Å²) in [6.07, 6.45) is 2.50. The number of aliphatic hydroxyl groups excluding tert-OH is 1. The van der Waals surface area contributed by atoms with Gasteiger partial charge in [0.1, 0.15) is 0 Å². The average Bonchev–Trinajstić information content (AvgIpc) is 2.18. The van der Waals surface area contributed by atoms with Gasteiger partial charge in [-0.25, -0.2) is 0 Å². The molecule has 0 spiro atoms. The van der Waals surface area contributed by atoms with Gasteiger partial charge in [-0.3, -0.25) is 4.79 Å². The monoisotopic (exact) mass is 196 g/mol. The zero-order chi connectivity index (χ0) is 10.4. The summed E-state index contributed by atoms with van der Waals surface area (Å²) in [6, 6.07) is 3.53. The van der Waals surface area contributed by atoms with E-state index in [-0.39, 0.29) is 12.2 Å². The van der Waals surface area contributed by atoms with Gasteiger partial charge in [-0.1, -0.05) is 0 Å². The molecule has 0 bridgehead atoms. The molecule has 1 aromatic rings. The van der Waals surface area contributed by atoms with Gasteiger partial charge >= 0.3 is 0 Å². The fourth-order valence-electron chi connectivity index (χ4n) is 1.14. The van der Waals surface area contributed by atoms with Crippen molar-refractivity contribution in [3.05, 3.63) is 34.2 Å². The van der Waals surface area contributed by atoms with Crippen LogP contribution >= 0.6 is 0 Å². The summed E-state index contributed by atoms with van der Waals surface area (Å²) in [5.41, 5.74) is 0.984. The van der Waals surface area contributed by atoms with E-state index >= 15 is 0 Å². The summed E-state index contributed by atoms with van der Waals surface area (Å²) in [5, 5.41) is 11.7. The van der Waals surface area contributed by atoms with Crippen LogP contribution in [0.15, 0.2) is 23.1 Å². The van der Waals surface area contributed by atoms with Gasteiger partial charge in [0, 0.05) is 32.5 Å². The quantitative estimate of drug-likeness (QED) is 0.644. The standard InChI is InChI=1S/C10H16N2O2/c1-12-5-3-9(7-10(12)14)8-11-4-2-6-13/h3,5,7,11,13H,2,4,6,8H2,1H3. The topological polar surface area (TPSA) is 54.3 Å². The van der Waals surface area contributed by atoms with Gasteiger partial charge in [-0.2, -0.15) is 0 Å². The Morgan fingerprint density at radius 1 is 1.57 bits per heavy atom. The Morgan fingerprint density at radius 3 is 3.00 bits per heavy atom. The number of hydrogen-bond acceptors (Lipinski definition) is 3. The van der Waals surface area contributed by atoms with Crippen LogP contribution < -0.4 is 10.9 Å². The number of aliphatic hydroxyl groups is 1. The summed E-state index contributed by atoms with van der Waals surface area (Å²) in [4.78, 5) is 11.2. The molecule has 0 aliphatic heterocycles. The molecule has 0 aromatic carbocycles. The third-order valence-corrected chi connectivity index (χ3v) is 2.01. The van der Waals surface area contributed by atoms with Gasteiger partial charge in [0.2, 0.25) is 0 Å². The molecule has 1 aromatic heterocycles. The molecule has 4 nitrogen and oxygen atoms in total.